The molecule has 37 heavy (non-hydrogen) atoms. The van der Waals surface area contributed by atoms with Crippen LogP contribution in [0.15, 0.2) is 36.2 Å². The molecule has 1 aromatic carbocycles. The number of aliphatic hydroxyl groups excluding tert-OH is 1. The normalized spacial score (nSPS) is 23.8. The molecule has 2 aliphatic rings. The van der Waals surface area contributed by atoms with E-state index in [2.05, 4.69) is 4.98 Å². The second kappa shape index (κ2) is 8.32. The van der Waals surface area contributed by atoms with E-state index in [0.717, 1.165) is 0 Å². The lowest BCUT2D eigenvalue weighted by Gasteiger charge is -2.51. The molecule has 2 aromatic heterocycles. The third kappa shape index (κ3) is 3.50. The minimum atomic E-state index is -1.27. The molecule has 4 heterocycles. The molecule has 0 saturated carbocycles. The largest absolute Gasteiger partial charge is 0.477 e. The topological polar surface area (TPSA) is 155 Å². The number of amides is 1. The number of thiazole rings is 1. The lowest BCUT2D eigenvalue weighted by Crippen LogP contribution is -2.66. The Morgan fingerprint density at radius 1 is 1.30 bits per heavy atom. The van der Waals surface area contributed by atoms with Crippen molar-refractivity contribution in [3.8, 4) is 0 Å². The molecule has 192 valence electrons. The molecular weight excluding hydrogens is 500 g/mol. The average Bonchev–Trinajstić information content (AvgIpc) is 3.42. The monoisotopic (exact) mass is 524 g/mol. The van der Waals surface area contributed by atoms with Crippen LogP contribution >= 0.6 is 11.3 Å². The minimum Gasteiger partial charge on any atom is -0.477 e. The van der Waals surface area contributed by atoms with Gasteiger partial charge in [0, 0.05) is 36.2 Å². The van der Waals surface area contributed by atoms with E-state index >= 15 is 0 Å². The number of fused-ring (bicyclic) bond motifs is 2. The summed E-state index contributed by atoms with van der Waals surface area (Å²) >= 11 is 1.22. The molecule has 11 nitrogen and oxygen atoms in total. The van der Waals surface area contributed by atoms with Gasteiger partial charge in [-0.1, -0.05) is 19.1 Å². The smallest absolute Gasteiger partial charge is 0.352 e. The van der Waals surface area contributed by atoms with Crippen molar-refractivity contribution in [3.63, 3.8) is 0 Å². The Kier molecular flexibility index (Phi) is 5.57. The van der Waals surface area contributed by atoms with Gasteiger partial charge in [-0.2, -0.15) is 0 Å². The molecular formula is C25H24N4O7S. The average molecular weight is 525 g/mol. The highest BCUT2D eigenvalue weighted by atomic mass is 32.1. The number of nitro benzene ring substituents is 1. The number of nitrogens with zero attached hydrogens (tertiary/aromatic N) is 4. The number of benzene rings is 1. The van der Waals surface area contributed by atoms with E-state index in [9.17, 15) is 34.7 Å². The number of carbonyl (C=O) groups excluding carboxylic acids is 2. The third-order valence-corrected chi connectivity index (χ3v) is 8.47. The zero-order valence-corrected chi connectivity index (χ0v) is 21.3. The van der Waals surface area contributed by atoms with Gasteiger partial charge in [-0.05, 0) is 25.8 Å². The number of aryl methyl sites for hydroxylation is 1. The molecule has 1 fully saturated rings. The summed E-state index contributed by atoms with van der Waals surface area (Å²) in [6.45, 7) is 6.52. The summed E-state index contributed by atoms with van der Waals surface area (Å²) in [6, 6.07) is 5.36. The van der Waals surface area contributed by atoms with E-state index in [1.54, 1.807) is 29.7 Å². The van der Waals surface area contributed by atoms with Crippen LogP contribution in [0, 0.1) is 28.4 Å². The summed E-state index contributed by atoms with van der Waals surface area (Å²) in [5.74, 6) is -2.20. The number of aliphatic carboxylic acids is 1. The van der Waals surface area contributed by atoms with Crippen molar-refractivity contribution < 1.29 is 29.5 Å². The lowest BCUT2D eigenvalue weighted by atomic mass is 9.64. The molecule has 2 aliphatic heterocycles. The Hall–Kier alpha value is -3.90. The number of hydrogen-bond acceptors (Lipinski definition) is 8. The van der Waals surface area contributed by atoms with E-state index in [1.165, 1.54) is 42.2 Å². The van der Waals surface area contributed by atoms with Crippen LogP contribution in [-0.4, -0.2) is 59.2 Å². The molecule has 0 spiro atoms. The van der Waals surface area contributed by atoms with Crippen molar-refractivity contribution in [1.82, 2.24) is 14.3 Å². The quantitative estimate of drug-likeness (QED) is 0.207. The first-order valence-electron chi connectivity index (χ1n) is 11.6. The van der Waals surface area contributed by atoms with Gasteiger partial charge in [-0.3, -0.25) is 24.1 Å². The molecule has 0 unspecified atom stereocenters. The van der Waals surface area contributed by atoms with E-state index < -0.39 is 40.3 Å². The molecule has 12 heteroatoms. The predicted molar refractivity (Wildman–Crippen MR) is 133 cm³/mol. The number of nitro groups is 1. The number of non-ortho nitro benzene ring substituents is 1. The number of ketones is 1. The summed E-state index contributed by atoms with van der Waals surface area (Å²) in [5, 5.41) is 31.8. The standard InChI is InChI=1S/C25H24N4O7S/c1-11(30)17-21-25(4,9-14-5-7-15(8-6-14)29(35)36)18(20(24(33)34)28(21)22(17)32)16-10-27-13(3)26-19(12(2)31)23(27)37-16/h5-8,10-11,17,21,30H,9H2,1-4H3,(H,33,34)/t11-,17-,21-,25+/m1/s1. The van der Waals surface area contributed by atoms with Gasteiger partial charge in [0.1, 0.15) is 22.0 Å². The molecule has 4 atom stereocenters. The van der Waals surface area contributed by atoms with Gasteiger partial charge in [-0.25, -0.2) is 9.78 Å². The van der Waals surface area contributed by atoms with Crippen molar-refractivity contribution in [2.45, 2.75) is 46.3 Å². The number of hydrogen-bond donors (Lipinski definition) is 2. The Morgan fingerprint density at radius 3 is 2.49 bits per heavy atom. The van der Waals surface area contributed by atoms with Crippen molar-refractivity contribution in [3.05, 3.63) is 68.2 Å². The van der Waals surface area contributed by atoms with Crippen LogP contribution in [0.1, 0.15) is 47.5 Å². The van der Waals surface area contributed by atoms with Crippen molar-refractivity contribution in [2.75, 3.05) is 0 Å². The fourth-order valence-electron chi connectivity index (χ4n) is 5.78. The maximum atomic E-state index is 13.1. The number of carboxylic acid groups (broad SMARTS) is 1. The fraction of sp³-hybridized carbons (Fsp3) is 0.360. The van der Waals surface area contributed by atoms with Gasteiger partial charge in [0.15, 0.2) is 5.78 Å². The van der Waals surface area contributed by atoms with E-state index in [1.807, 2.05) is 6.92 Å². The highest BCUT2D eigenvalue weighted by molar-refractivity contribution is 7.18. The van der Waals surface area contributed by atoms with Crippen molar-refractivity contribution in [1.29, 1.82) is 0 Å². The second-order valence-corrected chi connectivity index (χ2v) is 10.8. The van der Waals surface area contributed by atoms with Crippen LogP contribution < -0.4 is 0 Å². The van der Waals surface area contributed by atoms with Crippen molar-refractivity contribution >= 4 is 45.1 Å². The highest BCUT2D eigenvalue weighted by Gasteiger charge is 2.66. The van der Waals surface area contributed by atoms with Crippen molar-refractivity contribution in [2.24, 2.45) is 11.3 Å². The molecule has 0 aliphatic carbocycles. The van der Waals surface area contributed by atoms with Gasteiger partial charge in [-0.15, -0.1) is 11.3 Å². The maximum Gasteiger partial charge on any atom is 0.352 e. The Labute approximate surface area is 214 Å². The first-order valence-corrected chi connectivity index (χ1v) is 12.4. The van der Waals surface area contributed by atoms with Gasteiger partial charge < -0.3 is 15.1 Å². The number of carbonyl (C=O) groups is 3. The van der Waals surface area contributed by atoms with Gasteiger partial charge in [0.05, 0.1) is 27.9 Å². The van der Waals surface area contributed by atoms with E-state index in [-0.39, 0.29) is 29.3 Å². The van der Waals surface area contributed by atoms with E-state index in [4.69, 9.17) is 0 Å². The summed E-state index contributed by atoms with van der Waals surface area (Å²) in [6.07, 6.45) is 0.988. The zero-order chi connectivity index (χ0) is 27.0. The zero-order valence-electron chi connectivity index (χ0n) is 20.5. The number of carboxylic acids is 1. The first-order chi connectivity index (χ1) is 17.4. The number of aliphatic hydroxyl groups is 1. The van der Waals surface area contributed by atoms with Crippen LogP contribution in [0.5, 0.6) is 0 Å². The molecule has 0 radical (unpaired) electrons. The minimum absolute atomic E-state index is 0.0715. The van der Waals surface area contributed by atoms with Crippen LogP contribution in [0.25, 0.3) is 10.4 Å². The summed E-state index contributed by atoms with van der Waals surface area (Å²) < 4.78 is 1.74. The molecule has 3 aromatic rings. The number of imidazole rings is 1. The number of rotatable bonds is 7. The summed E-state index contributed by atoms with van der Waals surface area (Å²) in [5.41, 5.74) is 0.227. The number of Topliss-reactive ketones (excluding diaryl/α,β-unsaturated/α-hetero) is 1. The first kappa shape index (κ1) is 24.8. The molecule has 5 rings (SSSR count). The second-order valence-electron chi connectivity index (χ2n) is 9.80. The Morgan fingerprint density at radius 2 is 1.95 bits per heavy atom. The maximum absolute atomic E-state index is 13.1. The molecule has 0 bridgehead atoms. The van der Waals surface area contributed by atoms with Gasteiger partial charge in [0.2, 0.25) is 5.91 Å². The van der Waals surface area contributed by atoms with Crippen LogP contribution in [0.4, 0.5) is 5.69 Å². The summed E-state index contributed by atoms with van der Waals surface area (Å²) in [7, 11) is 0. The fourth-order valence-corrected chi connectivity index (χ4v) is 7.15. The molecule has 1 saturated heterocycles. The summed E-state index contributed by atoms with van der Waals surface area (Å²) in [4.78, 5) is 55.2. The van der Waals surface area contributed by atoms with Gasteiger partial charge >= 0.3 is 5.97 Å². The Bertz CT molecular complexity index is 1530. The number of β-lactam (4-membered cyclic amide) rings is 1. The van der Waals surface area contributed by atoms with Crippen LogP contribution in [-0.2, 0) is 16.0 Å². The Balaban J connectivity index is 1.72. The predicted octanol–water partition coefficient (Wildman–Crippen LogP) is 3.08. The molecule has 2 N–H and O–H groups in total. The van der Waals surface area contributed by atoms with Gasteiger partial charge in [0.25, 0.3) is 5.69 Å². The molecule has 1 amide bonds. The van der Waals surface area contributed by atoms with Crippen LogP contribution in [0.3, 0.4) is 0 Å². The highest BCUT2D eigenvalue weighted by Crippen LogP contribution is 2.59. The lowest BCUT2D eigenvalue weighted by molar-refractivity contribution is -0.384. The van der Waals surface area contributed by atoms with Crippen LogP contribution in [0.2, 0.25) is 0 Å². The third-order valence-electron chi connectivity index (χ3n) is 7.36. The SMILES string of the molecule is CC(=O)c1nc(C)n2cc(C3=C(C(=O)O)N4C(=O)[C@H]([C@@H](C)O)[C@@H]4[C@@]3(C)Cc3ccc([N+](=O)[O-])cc3)sc12. The van der Waals surface area contributed by atoms with E-state index in [0.29, 0.717) is 26.7 Å². The number of aromatic nitrogens is 2.